The van der Waals surface area contributed by atoms with E-state index in [0.717, 1.165) is 31.6 Å². The fourth-order valence-corrected chi connectivity index (χ4v) is 3.37. The van der Waals surface area contributed by atoms with Gasteiger partial charge >= 0.3 is 0 Å². The maximum absolute atomic E-state index is 12.4. The van der Waals surface area contributed by atoms with E-state index in [9.17, 15) is 4.79 Å². The summed E-state index contributed by atoms with van der Waals surface area (Å²) in [6.45, 7) is 3.64. The van der Waals surface area contributed by atoms with Gasteiger partial charge in [-0.3, -0.25) is 9.89 Å². The number of likely N-dealkylation sites (tertiary alicyclic amines) is 1. The van der Waals surface area contributed by atoms with Crippen LogP contribution in [0.15, 0.2) is 6.20 Å². The Kier molecular flexibility index (Phi) is 2.86. The summed E-state index contributed by atoms with van der Waals surface area (Å²) in [7, 11) is 0. The van der Waals surface area contributed by atoms with Gasteiger partial charge in [0.25, 0.3) is 5.91 Å². The number of H-pyrrole nitrogens is 1. The number of fused-ring (bicyclic) bond motifs is 1. The number of nitrogens with zero attached hydrogens (tertiary/aromatic N) is 2. The van der Waals surface area contributed by atoms with Crippen LogP contribution in [0.2, 0.25) is 0 Å². The molecule has 0 bridgehead atoms. The lowest BCUT2D eigenvalue weighted by Crippen LogP contribution is -2.32. The number of amides is 1. The molecule has 2 heterocycles. The van der Waals surface area contributed by atoms with Crippen LogP contribution in [0.1, 0.15) is 35.3 Å². The van der Waals surface area contributed by atoms with Crippen molar-refractivity contribution in [1.29, 1.82) is 0 Å². The van der Waals surface area contributed by atoms with Crippen molar-refractivity contribution in [1.82, 2.24) is 15.1 Å². The van der Waals surface area contributed by atoms with E-state index in [1.54, 1.807) is 6.20 Å². The number of carbonyl (C=O) groups is 1. The van der Waals surface area contributed by atoms with E-state index in [2.05, 4.69) is 10.2 Å². The largest absolute Gasteiger partial charge is 0.338 e. The third-order valence-corrected chi connectivity index (χ3v) is 4.44. The molecular formula is C13H20N4O. The van der Waals surface area contributed by atoms with Gasteiger partial charge < -0.3 is 10.6 Å². The van der Waals surface area contributed by atoms with Gasteiger partial charge in [0.05, 0.1) is 11.8 Å². The van der Waals surface area contributed by atoms with Gasteiger partial charge in [-0.25, -0.2) is 0 Å². The molecule has 0 spiro atoms. The first-order valence-corrected chi connectivity index (χ1v) is 6.70. The molecule has 2 aliphatic rings. The second-order valence-corrected chi connectivity index (χ2v) is 5.71. The molecule has 1 aliphatic heterocycles. The fourth-order valence-electron chi connectivity index (χ4n) is 3.37. The Bertz CT molecular complexity index is 456. The molecule has 5 heteroatoms. The van der Waals surface area contributed by atoms with Crippen LogP contribution in [-0.2, 0) is 0 Å². The molecule has 2 fully saturated rings. The number of rotatable bonds is 1. The van der Waals surface area contributed by atoms with E-state index in [1.807, 2.05) is 11.8 Å². The Labute approximate surface area is 107 Å². The molecule has 1 saturated carbocycles. The number of nitrogens with one attached hydrogen (secondary N) is 1. The fraction of sp³-hybridized carbons (Fsp3) is 0.692. The van der Waals surface area contributed by atoms with Crippen molar-refractivity contribution >= 4 is 5.91 Å². The predicted molar refractivity (Wildman–Crippen MR) is 68.0 cm³/mol. The van der Waals surface area contributed by atoms with Gasteiger partial charge in [0.2, 0.25) is 0 Å². The molecule has 18 heavy (non-hydrogen) atoms. The molecule has 1 unspecified atom stereocenters. The first kappa shape index (κ1) is 11.7. The Morgan fingerprint density at radius 3 is 2.94 bits per heavy atom. The number of carbonyl (C=O) groups excluding carboxylic acids is 1. The summed E-state index contributed by atoms with van der Waals surface area (Å²) < 4.78 is 0. The predicted octanol–water partition coefficient (Wildman–Crippen LogP) is 0.918. The molecule has 0 aromatic carbocycles. The molecule has 3 N–H and O–H groups in total. The topological polar surface area (TPSA) is 75.0 Å². The van der Waals surface area contributed by atoms with Gasteiger partial charge in [-0.05, 0) is 38.0 Å². The van der Waals surface area contributed by atoms with Crippen LogP contribution in [0.25, 0.3) is 0 Å². The van der Waals surface area contributed by atoms with Crippen molar-refractivity contribution in [3.63, 3.8) is 0 Å². The standard InChI is InChI=1S/C13H20N4O/c1-8-12(5-15-16-8)13(18)17-6-9-2-3-11(14)4-10(9)7-17/h5,9-11H,2-4,6-7,14H2,1H3,(H,15,16)/t9-,10+,11?/m1/s1. The molecule has 1 aliphatic carbocycles. The quantitative estimate of drug-likeness (QED) is 0.776. The van der Waals surface area contributed by atoms with Crippen LogP contribution < -0.4 is 5.73 Å². The van der Waals surface area contributed by atoms with Gasteiger partial charge in [0.1, 0.15) is 0 Å². The normalized spacial score (nSPS) is 31.4. The van der Waals surface area contributed by atoms with Gasteiger partial charge in [-0.15, -0.1) is 0 Å². The molecule has 0 radical (unpaired) electrons. The van der Waals surface area contributed by atoms with Crippen LogP contribution in [0.4, 0.5) is 0 Å². The second kappa shape index (κ2) is 4.39. The highest BCUT2D eigenvalue weighted by molar-refractivity contribution is 5.95. The lowest BCUT2D eigenvalue weighted by atomic mass is 9.79. The van der Waals surface area contributed by atoms with Crippen LogP contribution in [-0.4, -0.2) is 40.1 Å². The Morgan fingerprint density at radius 2 is 2.22 bits per heavy atom. The van der Waals surface area contributed by atoms with Gasteiger partial charge in [0.15, 0.2) is 0 Å². The average Bonchev–Trinajstić information content (AvgIpc) is 2.93. The van der Waals surface area contributed by atoms with Crippen LogP contribution in [0, 0.1) is 18.8 Å². The van der Waals surface area contributed by atoms with Crippen molar-refractivity contribution in [3.8, 4) is 0 Å². The minimum Gasteiger partial charge on any atom is -0.338 e. The highest BCUT2D eigenvalue weighted by atomic mass is 16.2. The maximum Gasteiger partial charge on any atom is 0.257 e. The minimum absolute atomic E-state index is 0.115. The SMILES string of the molecule is Cc1[nH]ncc1C(=O)N1C[C@H]2CCC(N)C[C@H]2C1. The van der Waals surface area contributed by atoms with E-state index in [-0.39, 0.29) is 5.91 Å². The van der Waals surface area contributed by atoms with E-state index in [0.29, 0.717) is 23.4 Å². The van der Waals surface area contributed by atoms with E-state index < -0.39 is 0 Å². The van der Waals surface area contributed by atoms with Gasteiger partial charge in [-0.1, -0.05) is 0 Å². The Morgan fingerprint density at radius 1 is 1.44 bits per heavy atom. The minimum atomic E-state index is 0.115. The van der Waals surface area contributed by atoms with Gasteiger partial charge in [0, 0.05) is 24.8 Å². The van der Waals surface area contributed by atoms with Crippen molar-refractivity contribution in [2.24, 2.45) is 17.6 Å². The van der Waals surface area contributed by atoms with E-state index in [4.69, 9.17) is 5.73 Å². The summed E-state index contributed by atoms with van der Waals surface area (Å²) in [6.07, 6.45) is 4.97. The first-order chi connectivity index (χ1) is 8.65. The highest BCUT2D eigenvalue weighted by Gasteiger charge is 2.39. The van der Waals surface area contributed by atoms with Crippen molar-refractivity contribution in [2.75, 3.05) is 13.1 Å². The molecule has 98 valence electrons. The number of aromatic amines is 1. The first-order valence-electron chi connectivity index (χ1n) is 6.70. The average molecular weight is 248 g/mol. The lowest BCUT2D eigenvalue weighted by molar-refractivity contribution is 0.0783. The summed E-state index contributed by atoms with van der Waals surface area (Å²) >= 11 is 0. The molecule has 5 nitrogen and oxygen atoms in total. The maximum atomic E-state index is 12.4. The summed E-state index contributed by atoms with van der Waals surface area (Å²) in [5.41, 5.74) is 7.57. The smallest absolute Gasteiger partial charge is 0.257 e. The summed E-state index contributed by atoms with van der Waals surface area (Å²) in [4.78, 5) is 14.4. The third-order valence-electron chi connectivity index (χ3n) is 4.44. The van der Waals surface area contributed by atoms with Crippen LogP contribution in [0.3, 0.4) is 0 Å². The molecule has 1 saturated heterocycles. The van der Waals surface area contributed by atoms with Crippen LogP contribution in [0.5, 0.6) is 0 Å². The number of hydrogen-bond donors (Lipinski definition) is 2. The monoisotopic (exact) mass is 248 g/mol. The molecule has 3 atom stereocenters. The van der Waals surface area contributed by atoms with Crippen LogP contribution >= 0.6 is 0 Å². The third kappa shape index (κ3) is 1.92. The molecular weight excluding hydrogens is 228 g/mol. The zero-order valence-electron chi connectivity index (χ0n) is 10.7. The summed E-state index contributed by atoms with van der Waals surface area (Å²) in [6, 6.07) is 0.331. The number of nitrogens with two attached hydrogens (primary N) is 1. The number of aromatic nitrogens is 2. The van der Waals surface area contributed by atoms with E-state index >= 15 is 0 Å². The van der Waals surface area contributed by atoms with Crippen molar-refractivity contribution < 1.29 is 4.79 Å². The second-order valence-electron chi connectivity index (χ2n) is 5.71. The number of aryl methyl sites for hydroxylation is 1. The van der Waals surface area contributed by atoms with Crippen molar-refractivity contribution in [2.45, 2.75) is 32.2 Å². The Hall–Kier alpha value is -1.36. The lowest BCUT2D eigenvalue weighted by Gasteiger charge is -2.27. The number of hydrogen-bond acceptors (Lipinski definition) is 3. The van der Waals surface area contributed by atoms with Crippen molar-refractivity contribution in [3.05, 3.63) is 17.5 Å². The zero-order chi connectivity index (χ0) is 12.7. The Balaban J connectivity index is 1.72. The zero-order valence-corrected chi connectivity index (χ0v) is 10.7. The van der Waals surface area contributed by atoms with E-state index in [1.165, 1.54) is 6.42 Å². The molecule has 1 aromatic rings. The summed E-state index contributed by atoms with van der Waals surface area (Å²) in [5, 5.41) is 6.75. The summed E-state index contributed by atoms with van der Waals surface area (Å²) in [5.74, 6) is 1.37. The molecule has 1 aromatic heterocycles. The molecule has 3 rings (SSSR count). The highest BCUT2D eigenvalue weighted by Crippen LogP contribution is 2.36. The van der Waals surface area contributed by atoms with Gasteiger partial charge in [-0.2, -0.15) is 5.10 Å². The molecule has 1 amide bonds.